The van der Waals surface area contributed by atoms with E-state index in [9.17, 15) is 0 Å². The van der Waals surface area contributed by atoms with Gasteiger partial charge in [0.1, 0.15) is 0 Å². The summed E-state index contributed by atoms with van der Waals surface area (Å²) in [5, 5.41) is 0.307. The van der Waals surface area contributed by atoms with E-state index in [2.05, 4.69) is 19.9 Å². The Morgan fingerprint density at radius 1 is 1.50 bits per heavy atom. The molecule has 0 saturated heterocycles. The van der Waals surface area contributed by atoms with Gasteiger partial charge in [-0.1, -0.05) is 44.8 Å². The van der Waals surface area contributed by atoms with Crippen molar-refractivity contribution in [2.24, 2.45) is 5.92 Å². The maximum atomic E-state index is 6.20. The molecule has 14 heavy (non-hydrogen) atoms. The molecule has 0 aromatic heterocycles. The summed E-state index contributed by atoms with van der Waals surface area (Å²) in [6, 6.07) is 0. The second-order valence-electron chi connectivity index (χ2n) is 4.68. The summed E-state index contributed by atoms with van der Waals surface area (Å²) in [5.74, 6) is 0.841. The summed E-state index contributed by atoms with van der Waals surface area (Å²) in [4.78, 5) is 0. The van der Waals surface area contributed by atoms with Crippen molar-refractivity contribution in [2.45, 2.75) is 64.2 Å². The van der Waals surface area contributed by atoms with Crippen LogP contribution in [-0.4, -0.2) is 5.38 Å². The number of allylic oxidation sites excluding steroid dienone is 2. The Hall–Kier alpha value is 0.0300. The van der Waals surface area contributed by atoms with Gasteiger partial charge >= 0.3 is 0 Å². The predicted octanol–water partition coefficient (Wildman–Crippen LogP) is 4.92. The highest BCUT2D eigenvalue weighted by molar-refractivity contribution is 6.21. The zero-order valence-electron chi connectivity index (χ0n) is 9.56. The van der Waals surface area contributed by atoms with Gasteiger partial charge in [-0.3, -0.25) is 0 Å². The van der Waals surface area contributed by atoms with Crippen LogP contribution in [0, 0.1) is 5.92 Å². The molecule has 0 aliphatic heterocycles. The van der Waals surface area contributed by atoms with E-state index < -0.39 is 0 Å². The molecule has 2 unspecified atom stereocenters. The summed E-state index contributed by atoms with van der Waals surface area (Å²) in [5.41, 5.74) is 1.61. The molecule has 1 heteroatoms. The second kappa shape index (κ2) is 6.50. The topological polar surface area (TPSA) is 0 Å². The first-order valence-electron chi connectivity index (χ1n) is 6.06. The van der Waals surface area contributed by atoms with Crippen molar-refractivity contribution >= 4 is 11.6 Å². The summed E-state index contributed by atoms with van der Waals surface area (Å²) in [6.07, 6.45) is 11.4. The first kappa shape index (κ1) is 12.1. The molecule has 2 atom stereocenters. The number of hydrogen-bond donors (Lipinski definition) is 0. The lowest BCUT2D eigenvalue weighted by molar-refractivity contribution is 0.510. The molecule has 0 aromatic rings. The Kier molecular flexibility index (Phi) is 5.62. The molecule has 0 fully saturated rings. The smallest absolute Gasteiger partial charge is 0.0518 e. The Morgan fingerprint density at radius 3 is 3.00 bits per heavy atom. The Labute approximate surface area is 93.7 Å². The molecule has 1 aliphatic carbocycles. The van der Waals surface area contributed by atoms with Crippen molar-refractivity contribution in [3.8, 4) is 0 Å². The van der Waals surface area contributed by atoms with Gasteiger partial charge in [-0.15, -0.1) is 11.6 Å². The average molecular weight is 215 g/mol. The molecule has 0 amide bonds. The highest BCUT2D eigenvalue weighted by atomic mass is 35.5. The van der Waals surface area contributed by atoms with E-state index in [1.54, 1.807) is 5.57 Å². The number of rotatable bonds is 4. The van der Waals surface area contributed by atoms with Crippen LogP contribution in [0.4, 0.5) is 0 Å². The van der Waals surface area contributed by atoms with E-state index in [1.165, 1.54) is 44.9 Å². The summed E-state index contributed by atoms with van der Waals surface area (Å²) in [7, 11) is 0. The van der Waals surface area contributed by atoms with Gasteiger partial charge in [-0.2, -0.15) is 0 Å². The lowest BCUT2D eigenvalue weighted by Gasteiger charge is -2.12. The summed E-state index contributed by atoms with van der Waals surface area (Å²) < 4.78 is 0. The minimum absolute atomic E-state index is 0.307. The van der Waals surface area contributed by atoms with Crippen LogP contribution in [0.25, 0.3) is 0 Å². The molecule has 0 aromatic carbocycles. The molecule has 0 N–H and O–H groups in total. The highest BCUT2D eigenvalue weighted by Gasteiger charge is 2.11. The van der Waals surface area contributed by atoms with Crippen LogP contribution in [0.2, 0.25) is 0 Å². The fraction of sp³-hybridized carbons (Fsp3) is 0.846. The average Bonchev–Trinajstić information content (AvgIpc) is 2.30. The SMILES string of the molecule is CCCC(C)CC1=CC(Cl)CCCC1. The molecule has 1 rings (SSSR count). The molecular weight excluding hydrogens is 192 g/mol. The summed E-state index contributed by atoms with van der Waals surface area (Å²) >= 11 is 6.20. The van der Waals surface area contributed by atoms with Gasteiger partial charge in [-0.05, 0) is 31.6 Å². The molecule has 0 spiro atoms. The van der Waals surface area contributed by atoms with Gasteiger partial charge in [-0.25, -0.2) is 0 Å². The molecule has 0 radical (unpaired) electrons. The monoisotopic (exact) mass is 214 g/mol. The Bertz CT molecular complexity index is 184. The lowest BCUT2D eigenvalue weighted by atomic mass is 9.94. The fourth-order valence-corrected chi connectivity index (χ4v) is 2.66. The summed E-state index contributed by atoms with van der Waals surface area (Å²) in [6.45, 7) is 4.63. The number of alkyl halides is 1. The van der Waals surface area contributed by atoms with Crippen LogP contribution < -0.4 is 0 Å². The highest BCUT2D eigenvalue weighted by Crippen LogP contribution is 2.26. The lowest BCUT2D eigenvalue weighted by Crippen LogP contribution is -1.98. The zero-order valence-corrected chi connectivity index (χ0v) is 10.3. The maximum Gasteiger partial charge on any atom is 0.0518 e. The molecule has 0 bridgehead atoms. The van der Waals surface area contributed by atoms with E-state index in [4.69, 9.17) is 11.6 Å². The normalized spacial score (nSPS) is 25.4. The third-order valence-corrected chi connectivity index (χ3v) is 3.38. The third-order valence-electron chi connectivity index (χ3n) is 3.04. The molecule has 0 heterocycles. The van der Waals surface area contributed by atoms with Gasteiger partial charge < -0.3 is 0 Å². The van der Waals surface area contributed by atoms with Crippen LogP contribution in [0.3, 0.4) is 0 Å². The van der Waals surface area contributed by atoms with Crippen LogP contribution in [0.1, 0.15) is 58.8 Å². The first-order valence-corrected chi connectivity index (χ1v) is 6.49. The van der Waals surface area contributed by atoms with Gasteiger partial charge in [0.25, 0.3) is 0 Å². The minimum Gasteiger partial charge on any atom is -0.118 e. The molecular formula is C13H23Cl. The van der Waals surface area contributed by atoms with Gasteiger partial charge in [0.15, 0.2) is 0 Å². The number of hydrogen-bond acceptors (Lipinski definition) is 0. The molecule has 0 nitrogen and oxygen atoms in total. The molecule has 0 saturated carbocycles. The van der Waals surface area contributed by atoms with Crippen LogP contribution in [-0.2, 0) is 0 Å². The van der Waals surface area contributed by atoms with Crippen molar-refractivity contribution in [1.82, 2.24) is 0 Å². The maximum absolute atomic E-state index is 6.20. The van der Waals surface area contributed by atoms with E-state index in [0.717, 1.165) is 5.92 Å². The van der Waals surface area contributed by atoms with Crippen LogP contribution in [0.5, 0.6) is 0 Å². The van der Waals surface area contributed by atoms with Crippen LogP contribution in [0.15, 0.2) is 11.6 Å². The van der Waals surface area contributed by atoms with Crippen molar-refractivity contribution < 1.29 is 0 Å². The second-order valence-corrected chi connectivity index (χ2v) is 5.25. The quantitative estimate of drug-likeness (QED) is 0.460. The van der Waals surface area contributed by atoms with Crippen LogP contribution >= 0.6 is 11.6 Å². The minimum atomic E-state index is 0.307. The van der Waals surface area contributed by atoms with E-state index in [0.29, 0.717) is 5.38 Å². The van der Waals surface area contributed by atoms with Crippen molar-refractivity contribution in [3.05, 3.63) is 11.6 Å². The Balaban J connectivity index is 2.40. The fourth-order valence-electron chi connectivity index (χ4n) is 2.33. The van der Waals surface area contributed by atoms with E-state index >= 15 is 0 Å². The third kappa shape index (κ3) is 4.50. The van der Waals surface area contributed by atoms with Crippen molar-refractivity contribution in [1.29, 1.82) is 0 Å². The van der Waals surface area contributed by atoms with E-state index in [-0.39, 0.29) is 0 Å². The first-order chi connectivity index (χ1) is 6.72. The molecule has 1 aliphatic rings. The molecule has 82 valence electrons. The van der Waals surface area contributed by atoms with Crippen molar-refractivity contribution in [2.75, 3.05) is 0 Å². The van der Waals surface area contributed by atoms with Gasteiger partial charge in [0.05, 0.1) is 5.38 Å². The largest absolute Gasteiger partial charge is 0.118 e. The van der Waals surface area contributed by atoms with Gasteiger partial charge in [0.2, 0.25) is 0 Å². The zero-order chi connectivity index (χ0) is 10.4. The predicted molar refractivity (Wildman–Crippen MR) is 64.9 cm³/mol. The van der Waals surface area contributed by atoms with Crippen molar-refractivity contribution in [3.63, 3.8) is 0 Å². The standard InChI is InChI=1S/C13H23Cl/c1-3-6-11(2)9-12-7-4-5-8-13(14)10-12/h10-11,13H,3-9H2,1-2H3. The van der Waals surface area contributed by atoms with Gasteiger partial charge in [0, 0.05) is 0 Å². The van der Waals surface area contributed by atoms with E-state index in [1.807, 2.05) is 0 Å². The Morgan fingerprint density at radius 2 is 2.29 bits per heavy atom. The number of halogens is 1.